The minimum Gasteiger partial charge on any atom is -0.481 e. The van der Waals surface area contributed by atoms with Gasteiger partial charge in [0.05, 0.1) is 25.0 Å². The average Bonchev–Trinajstić information content (AvgIpc) is 2.92. The highest BCUT2D eigenvalue weighted by Crippen LogP contribution is 2.13. The molecule has 12 heteroatoms. The maximum Gasteiger partial charge on any atom is 0.303 e. The summed E-state index contributed by atoms with van der Waals surface area (Å²) >= 11 is 2.94. The third-order valence-electron chi connectivity index (χ3n) is 5.45. The number of carboxylic acid groups (broad SMARTS) is 1. The number of halogens is 1. The second kappa shape index (κ2) is 16.9. The number of carboxylic acids is 1. The zero-order chi connectivity index (χ0) is 28.6. The van der Waals surface area contributed by atoms with E-state index in [0.29, 0.717) is 0 Å². The van der Waals surface area contributed by atoms with Crippen LogP contribution in [0.5, 0.6) is 0 Å². The number of benzene rings is 2. The Morgan fingerprint density at radius 1 is 0.872 bits per heavy atom. The molecular weight excluding hydrogens is 572 g/mol. The van der Waals surface area contributed by atoms with Crippen LogP contribution >= 0.6 is 15.9 Å². The van der Waals surface area contributed by atoms with E-state index < -0.39 is 42.2 Å². The van der Waals surface area contributed by atoms with Gasteiger partial charge in [0.25, 0.3) is 0 Å². The number of aryl methyl sites for hydroxylation is 1. The number of amides is 4. The number of ether oxygens (including phenoxy) is 1. The number of carbonyl (C=O) groups is 5. The normalized spacial score (nSPS) is 11.2. The summed E-state index contributed by atoms with van der Waals surface area (Å²) < 4.78 is 5.53. The number of hydrogen-bond donors (Lipinski definition) is 5. The Labute approximate surface area is 235 Å². The topological polar surface area (TPSA) is 163 Å². The molecular formula is C27H33BrN4O7. The molecule has 4 amide bonds. The zero-order valence-electron chi connectivity index (χ0n) is 21.6. The lowest BCUT2D eigenvalue weighted by molar-refractivity contribution is -0.138. The molecule has 0 unspecified atom stereocenters. The quantitative estimate of drug-likeness (QED) is 0.109. The maximum absolute atomic E-state index is 12.5. The van der Waals surface area contributed by atoms with E-state index in [-0.39, 0.29) is 38.1 Å². The Balaban J connectivity index is 1.74. The standard InChI is InChI=1S/C27H33BrN4O7/c1-18-5-7-19(8-6-18)11-20-3-2-4-21(12-20)16-39-17-31-24(34)14-30-27(38)22(9-10-26(36)37)32-25(35)15-29-23(33)13-28/h2-8,12,22H,9-11,13-17H2,1H3,(H,29,33)(H,30,38)(H,31,34)(H,32,35)(H,36,37)/t22-/m0/s1. The molecule has 0 aliphatic heterocycles. The van der Waals surface area contributed by atoms with Crippen LogP contribution in [0.3, 0.4) is 0 Å². The number of carbonyl (C=O) groups excluding carboxylic acids is 4. The number of rotatable bonds is 16. The van der Waals surface area contributed by atoms with E-state index in [2.05, 4.69) is 61.5 Å². The molecule has 0 radical (unpaired) electrons. The fourth-order valence-electron chi connectivity index (χ4n) is 3.43. The van der Waals surface area contributed by atoms with Crippen LogP contribution in [-0.4, -0.2) is 65.9 Å². The van der Waals surface area contributed by atoms with Gasteiger partial charge in [-0.15, -0.1) is 0 Å². The van der Waals surface area contributed by atoms with Crippen molar-refractivity contribution in [3.05, 3.63) is 70.8 Å². The van der Waals surface area contributed by atoms with Gasteiger partial charge in [0.1, 0.15) is 12.8 Å². The second-order valence-corrected chi connectivity index (χ2v) is 9.32. The average molecular weight is 605 g/mol. The molecule has 2 aromatic rings. The molecule has 0 heterocycles. The van der Waals surface area contributed by atoms with E-state index in [1.165, 1.54) is 11.1 Å². The van der Waals surface area contributed by atoms with Crippen molar-refractivity contribution in [2.75, 3.05) is 25.2 Å². The highest BCUT2D eigenvalue weighted by Gasteiger charge is 2.22. The van der Waals surface area contributed by atoms with Gasteiger partial charge in [-0.1, -0.05) is 70.0 Å². The van der Waals surface area contributed by atoms with Crippen molar-refractivity contribution >= 4 is 45.5 Å². The Hall–Kier alpha value is -3.77. The monoisotopic (exact) mass is 604 g/mol. The van der Waals surface area contributed by atoms with E-state index >= 15 is 0 Å². The molecule has 5 N–H and O–H groups in total. The second-order valence-electron chi connectivity index (χ2n) is 8.76. The molecule has 0 saturated heterocycles. The predicted octanol–water partition coefficient (Wildman–Crippen LogP) is 1.15. The minimum atomic E-state index is -1.19. The molecule has 210 valence electrons. The summed E-state index contributed by atoms with van der Waals surface area (Å²) in [6, 6.07) is 15.1. The summed E-state index contributed by atoms with van der Waals surface area (Å²) in [6.45, 7) is 1.47. The Bertz CT molecular complexity index is 1140. The van der Waals surface area contributed by atoms with Crippen molar-refractivity contribution in [1.82, 2.24) is 21.3 Å². The van der Waals surface area contributed by atoms with Gasteiger partial charge in [0.2, 0.25) is 23.6 Å². The zero-order valence-corrected chi connectivity index (χ0v) is 23.2. The van der Waals surface area contributed by atoms with Crippen molar-refractivity contribution in [3.63, 3.8) is 0 Å². The molecule has 0 bridgehead atoms. The SMILES string of the molecule is Cc1ccc(Cc2cccc(COCNC(=O)CNC(=O)[C@H](CCC(=O)O)NC(=O)CNC(=O)CBr)c2)cc1. The number of alkyl halides is 1. The highest BCUT2D eigenvalue weighted by atomic mass is 79.9. The molecule has 0 aromatic heterocycles. The van der Waals surface area contributed by atoms with E-state index in [1.54, 1.807) is 0 Å². The van der Waals surface area contributed by atoms with Crippen molar-refractivity contribution < 1.29 is 33.8 Å². The van der Waals surface area contributed by atoms with Gasteiger partial charge in [0, 0.05) is 6.42 Å². The first-order valence-corrected chi connectivity index (χ1v) is 13.4. The summed E-state index contributed by atoms with van der Waals surface area (Å²) in [4.78, 5) is 58.8. The fraction of sp³-hybridized carbons (Fsp3) is 0.370. The maximum atomic E-state index is 12.5. The van der Waals surface area contributed by atoms with Crippen molar-refractivity contribution in [2.24, 2.45) is 0 Å². The van der Waals surface area contributed by atoms with Crippen LogP contribution in [-0.2, 0) is 41.7 Å². The predicted molar refractivity (Wildman–Crippen MR) is 147 cm³/mol. The molecule has 11 nitrogen and oxygen atoms in total. The van der Waals surface area contributed by atoms with E-state index in [9.17, 15) is 24.0 Å². The van der Waals surface area contributed by atoms with Crippen LogP contribution in [0.1, 0.15) is 35.1 Å². The summed E-state index contributed by atoms with van der Waals surface area (Å²) in [5.74, 6) is -3.49. The van der Waals surface area contributed by atoms with Crippen LogP contribution in [0.4, 0.5) is 0 Å². The van der Waals surface area contributed by atoms with Crippen LogP contribution in [0.15, 0.2) is 48.5 Å². The summed E-state index contributed by atoms with van der Waals surface area (Å²) in [7, 11) is 0. The molecule has 39 heavy (non-hydrogen) atoms. The smallest absolute Gasteiger partial charge is 0.303 e. The number of aliphatic carboxylic acids is 1. The number of hydrogen-bond acceptors (Lipinski definition) is 6. The largest absolute Gasteiger partial charge is 0.481 e. The van der Waals surface area contributed by atoms with Gasteiger partial charge in [-0.25, -0.2) is 0 Å². The van der Waals surface area contributed by atoms with Gasteiger partial charge in [-0.3, -0.25) is 24.0 Å². The first kappa shape index (κ1) is 31.4. The van der Waals surface area contributed by atoms with Crippen molar-refractivity contribution in [2.45, 2.75) is 38.8 Å². The molecule has 0 aliphatic carbocycles. The molecule has 0 saturated carbocycles. The Morgan fingerprint density at radius 3 is 2.26 bits per heavy atom. The number of nitrogens with one attached hydrogen (secondary N) is 4. The van der Waals surface area contributed by atoms with Gasteiger partial charge < -0.3 is 31.1 Å². The highest BCUT2D eigenvalue weighted by molar-refractivity contribution is 9.09. The van der Waals surface area contributed by atoms with Crippen molar-refractivity contribution in [1.29, 1.82) is 0 Å². The third-order valence-corrected chi connectivity index (χ3v) is 5.96. The van der Waals surface area contributed by atoms with E-state index in [1.807, 2.05) is 31.2 Å². The van der Waals surface area contributed by atoms with Crippen LogP contribution in [0.2, 0.25) is 0 Å². The fourth-order valence-corrected chi connectivity index (χ4v) is 3.63. The minimum absolute atomic E-state index is 0.00242. The molecule has 0 spiro atoms. The van der Waals surface area contributed by atoms with Crippen LogP contribution in [0.25, 0.3) is 0 Å². The van der Waals surface area contributed by atoms with Gasteiger partial charge in [-0.05, 0) is 36.5 Å². The lowest BCUT2D eigenvalue weighted by Crippen LogP contribution is -2.51. The van der Waals surface area contributed by atoms with Gasteiger partial charge in [0.15, 0.2) is 0 Å². The first-order chi connectivity index (χ1) is 18.7. The Morgan fingerprint density at radius 2 is 1.56 bits per heavy atom. The molecule has 2 rings (SSSR count). The lowest BCUT2D eigenvalue weighted by Gasteiger charge is -2.18. The van der Waals surface area contributed by atoms with E-state index in [0.717, 1.165) is 17.5 Å². The first-order valence-electron chi connectivity index (χ1n) is 12.3. The van der Waals surface area contributed by atoms with Gasteiger partial charge in [-0.2, -0.15) is 0 Å². The lowest BCUT2D eigenvalue weighted by atomic mass is 10.0. The third kappa shape index (κ3) is 13.0. The van der Waals surface area contributed by atoms with Crippen LogP contribution in [0, 0.1) is 6.92 Å². The van der Waals surface area contributed by atoms with E-state index in [4.69, 9.17) is 9.84 Å². The summed E-state index contributed by atoms with van der Waals surface area (Å²) in [5.41, 5.74) is 4.51. The van der Waals surface area contributed by atoms with Crippen molar-refractivity contribution in [3.8, 4) is 0 Å². The Kier molecular flexibility index (Phi) is 13.7. The molecule has 0 fully saturated rings. The summed E-state index contributed by atoms with van der Waals surface area (Å²) in [5, 5.41) is 18.5. The van der Waals surface area contributed by atoms with Crippen LogP contribution < -0.4 is 21.3 Å². The molecule has 0 aliphatic rings. The summed E-state index contributed by atoms with van der Waals surface area (Å²) in [6.07, 6.45) is 0.231. The van der Waals surface area contributed by atoms with Gasteiger partial charge >= 0.3 is 5.97 Å². The molecule has 1 atom stereocenters. The molecule has 2 aromatic carbocycles.